The smallest absolute Gasteiger partial charge is 0.357 e. The predicted octanol–water partition coefficient (Wildman–Crippen LogP) is 5.93. The number of rotatable bonds is 7. The molecule has 1 atom stereocenters. The molecule has 0 amide bonds. The van der Waals surface area contributed by atoms with Gasteiger partial charge in [0.05, 0.1) is 5.56 Å². The number of halogens is 3. The minimum absolute atomic E-state index is 0.143. The molecule has 0 aliphatic heterocycles. The molecule has 0 radical (unpaired) electrons. The summed E-state index contributed by atoms with van der Waals surface area (Å²) in [7, 11) is 0. The molecule has 4 N–H and O–H groups in total. The molecule has 10 heteroatoms. The van der Waals surface area contributed by atoms with Gasteiger partial charge in [-0.05, 0) is 55.0 Å². The van der Waals surface area contributed by atoms with Crippen molar-refractivity contribution in [2.45, 2.75) is 26.0 Å². The van der Waals surface area contributed by atoms with E-state index in [0.717, 1.165) is 45.6 Å². The van der Waals surface area contributed by atoms with E-state index in [1.807, 2.05) is 48.3 Å². The van der Waals surface area contributed by atoms with Crippen LogP contribution in [-0.4, -0.2) is 31.2 Å². The number of nitrogens with zero attached hydrogens (tertiary/aromatic N) is 3. The maximum Gasteiger partial charge on any atom is 0.416 e. The zero-order chi connectivity index (χ0) is 25.3. The van der Waals surface area contributed by atoms with Crippen molar-refractivity contribution in [2.75, 3.05) is 10.6 Å². The molecule has 3 heterocycles. The predicted molar refractivity (Wildman–Crippen MR) is 133 cm³/mol. The Hall–Kier alpha value is -4.31. The maximum atomic E-state index is 12.9. The van der Waals surface area contributed by atoms with E-state index in [4.69, 9.17) is 5.10 Å². The minimum atomic E-state index is -4.46. The van der Waals surface area contributed by atoms with Crippen molar-refractivity contribution >= 4 is 22.4 Å². The Bertz CT molecular complexity index is 1490. The molecule has 5 rings (SSSR count). The fourth-order valence-electron chi connectivity index (χ4n) is 4.05. The highest BCUT2D eigenvalue weighted by Crippen LogP contribution is 2.35. The molecule has 184 valence electrons. The number of nitrogens with one attached hydrogen (secondary N) is 3. The van der Waals surface area contributed by atoms with Crippen molar-refractivity contribution in [2.24, 2.45) is 0 Å². The van der Waals surface area contributed by atoms with E-state index in [9.17, 15) is 18.3 Å². The van der Waals surface area contributed by atoms with Crippen molar-refractivity contribution in [3.05, 3.63) is 84.8 Å². The van der Waals surface area contributed by atoms with Crippen LogP contribution in [0.25, 0.3) is 33.4 Å². The molecular weight excluding hydrogens is 469 g/mol. The van der Waals surface area contributed by atoms with Gasteiger partial charge in [-0.2, -0.15) is 18.3 Å². The Kier molecular flexibility index (Phi) is 6.11. The van der Waals surface area contributed by atoms with E-state index in [1.54, 1.807) is 18.3 Å². The number of anilines is 2. The lowest BCUT2D eigenvalue weighted by atomic mass is 10.0. The summed E-state index contributed by atoms with van der Waals surface area (Å²) in [6.07, 6.45) is -0.144. The SMILES string of the molecule is CCn1cc(-c2ccnc3[nH]ccc23)c(-c2ccc(NC(O)Nc3cccc(C(F)(F)F)c3)cc2)n1. The quantitative estimate of drug-likeness (QED) is 0.211. The number of benzene rings is 2. The van der Waals surface area contributed by atoms with Gasteiger partial charge in [-0.3, -0.25) is 4.68 Å². The number of pyridine rings is 1. The number of aromatic amines is 1. The van der Waals surface area contributed by atoms with Gasteiger partial charge in [0.2, 0.25) is 6.35 Å². The zero-order valence-corrected chi connectivity index (χ0v) is 19.2. The highest BCUT2D eigenvalue weighted by molar-refractivity contribution is 5.96. The lowest BCUT2D eigenvalue weighted by Gasteiger charge is -2.18. The van der Waals surface area contributed by atoms with E-state index in [1.165, 1.54) is 12.1 Å². The number of hydrogen-bond donors (Lipinski definition) is 4. The van der Waals surface area contributed by atoms with Crippen LogP contribution in [0, 0.1) is 0 Å². The Morgan fingerprint density at radius 2 is 1.78 bits per heavy atom. The Balaban J connectivity index is 1.36. The first-order valence-corrected chi connectivity index (χ1v) is 11.3. The first kappa shape index (κ1) is 23.4. The third-order valence-corrected chi connectivity index (χ3v) is 5.79. The molecular formula is C26H23F3N6O. The van der Waals surface area contributed by atoms with Gasteiger partial charge in [0.15, 0.2) is 0 Å². The Morgan fingerprint density at radius 3 is 2.53 bits per heavy atom. The standard InChI is InChI=1S/C26H23F3N6O/c1-2-35-15-22(20-10-12-30-24-21(20)11-13-31-24)23(34-35)16-6-8-18(9-7-16)32-25(36)33-19-5-3-4-17(14-19)26(27,28)29/h3-15,25,32-33,36H,2H2,1H3,(H,30,31). The van der Waals surface area contributed by atoms with Crippen molar-refractivity contribution in [3.63, 3.8) is 0 Å². The van der Waals surface area contributed by atoms with E-state index in [2.05, 4.69) is 20.6 Å². The molecule has 0 bridgehead atoms. The van der Waals surface area contributed by atoms with Crippen LogP contribution < -0.4 is 10.6 Å². The molecule has 2 aromatic carbocycles. The average molecular weight is 493 g/mol. The van der Waals surface area contributed by atoms with Gasteiger partial charge in [0.1, 0.15) is 11.3 Å². The topological polar surface area (TPSA) is 90.8 Å². The fourth-order valence-corrected chi connectivity index (χ4v) is 4.05. The number of aliphatic hydroxyl groups is 1. The summed E-state index contributed by atoms with van der Waals surface area (Å²) in [5.41, 5.74) is 4.39. The highest BCUT2D eigenvalue weighted by atomic mass is 19.4. The summed E-state index contributed by atoms with van der Waals surface area (Å²) in [4.78, 5) is 7.50. The molecule has 1 unspecified atom stereocenters. The Morgan fingerprint density at radius 1 is 1.00 bits per heavy atom. The second-order valence-electron chi connectivity index (χ2n) is 8.19. The molecule has 0 fully saturated rings. The molecule has 5 aromatic rings. The highest BCUT2D eigenvalue weighted by Gasteiger charge is 2.30. The van der Waals surface area contributed by atoms with Gasteiger partial charge < -0.3 is 20.7 Å². The van der Waals surface area contributed by atoms with Crippen molar-refractivity contribution in [1.82, 2.24) is 19.7 Å². The van der Waals surface area contributed by atoms with E-state index < -0.39 is 18.1 Å². The third kappa shape index (κ3) is 4.76. The van der Waals surface area contributed by atoms with Crippen LogP contribution in [0.3, 0.4) is 0 Å². The number of aromatic nitrogens is 4. The monoisotopic (exact) mass is 492 g/mol. The second-order valence-corrected chi connectivity index (χ2v) is 8.19. The van der Waals surface area contributed by atoms with Crippen molar-refractivity contribution in [1.29, 1.82) is 0 Å². The number of hydrogen-bond acceptors (Lipinski definition) is 5. The summed E-state index contributed by atoms with van der Waals surface area (Å²) >= 11 is 0. The van der Waals surface area contributed by atoms with Crippen LogP contribution in [0.1, 0.15) is 12.5 Å². The molecule has 0 aliphatic rings. The van der Waals surface area contributed by atoms with Crippen LogP contribution in [0.15, 0.2) is 79.3 Å². The minimum Gasteiger partial charge on any atom is -0.357 e. The number of alkyl halides is 3. The fraction of sp³-hybridized carbons (Fsp3) is 0.154. The molecule has 3 aromatic heterocycles. The molecule has 7 nitrogen and oxygen atoms in total. The first-order valence-electron chi connectivity index (χ1n) is 11.3. The van der Waals surface area contributed by atoms with E-state index in [0.29, 0.717) is 12.2 Å². The Labute approximate surface area is 204 Å². The number of aliphatic hydroxyl groups excluding tert-OH is 1. The van der Waals surface area contributed by atoms with Gasteiger partial charge >= 0.3 is 6.18 Å². The number of aryl methyl sites for hydroxylation is 1. The molecule has 0 saturated carbocycles. The van der Waals surface area contributed by atoms with Crippen molar-refractivity contribution < 1.29 is 18.3 Å². The first-order chi connectivity index (χ1) is 17.3. The van der Waals surface area contributed by atoms with Gasteiger partial charge in [0.25, 0.3) is 0 Å². The van der Waals surface area contributed by atoms with E-state index in [-0.39, 0.29) is 5.69 Å². The van der Waals surface area contributed by atoms with E-state index >= 15 is 0 Å². The normalized spacial score (nSPS) is 12.6. The number of H-pyrrole nitrogens is 1. The second kappa shape index (κ2) is 9.38. The van der Waals surface area contributed by atoms with Crippen molar-refractivity contribution in [3.8, 4) is 22.4 Å². The van der Waals surface area contributed by atoms with Crippen LogP contribution in [0.4, 0.5) is 24.5 Å². The summed E-state index contributed by atoms with van der Waals surface area (Å²) in [5.74, 6) is 0. The molecule has 36 heavy (non-hydrogen) atoms. The largest absolute Gasteiger partial charge is 0.416 e. The van der Waals surface area contributed by atoms with Gasteiger partial charge in [-0.1, -0.05) is 18.2 Å². The van der Waals surface area contributed by atoms with Gasteiger partial charge in [0, 0.05) is 53.0 Å². The van der Waals surface area contributed by atoms with Gasteiger partial charge in [-0.15, -0.1) is 0 Å². The van der Waals surface area contributed by atoms with Crippen LogP contribution in [0.5, 0.6) is 0 Å². The molecule has 0 spiro atoms. The van der Waals surface area contributed by atoms with Crippen LogP contribution >= 0.6 is 0 Å². The van der Waals surface area contributed by atoms with Crippen LogP contribution in [-0.2, 0) is 12.7 Å². The zero-order valence-electron chi connectivity index (χ0n) is 19.2. The summed E-state index contributed by atoms with van der Waals surface area (Å²) in [5, 5.41) is 21.5. The summed E-state index contributed by atoms with van der Waals surface area (Å²) in [6.45, 7) is 2.73. The third-order valence-electron chi connectivity index (χ3n) is 5.79. The number of fused-ring (bicyclic) bond motifs is 1. The molecule has 0 aliphatic carbocycles. The van der Waals surface area contributed by atoms with Gasteiger partial charge in [-0.25, -0.2) is 4.98 Å². The molecule has 0 saturated heterocycles. The van der Waals surface area contributed by atoms with Crippen LogP contribution in [0.2, 0.25) is 0 Å². The summed E-state index contributed by atoms with van der Waals surface area (Å²) in [6, 6.07) is 15.9. The average Bonchev–Trinajstić information content (AvgIpc) is 3.51. The lowest BCUT2D eigenvalue weighted by Crippen LogP contribution is -2.28. The lowest BCUT2D eigenvalue weighted by molar-refractivity contribution is -0.137. The maximum absolute atomic E-state index is 12.9. The summed E-state index contributed by atoms with van der Waals surface area (Å²) < 4.78 is 40.7.